The maximum absolute atomic E-state index is 13.3. The van der Waals surface area contributed by atoms with Crippen LogP contribution in [0.5, 0.6) is 0 Å². The number of alkyl halides is 3. The average molecular weight is 518 g/mol. The standard InChI is InChI=1S/C25H26F3N5S2/c26-25(27,28)22-4-3-20-23(31-22)21(18-6-15-34-17-18)16-30-24(20)29-7-9-33-12-10-32(11-13-33)8-5-19-2-1-14-35-19/h1-4,6,14-17H,5,7-13H2,(H,29,30). The number of nitrogens with zero attached hydrogens (tertiary/aromatic N) is 4. The molecule has 4 aromatic rings. The van der Waals surface area contributed by atoms with Crippen molar-refractivity contribution < 1.29 is 13.2 Å². The Morgan fingerprint density at radius 2 is 1.77 bits per heavy atom. The van der Waals surface area contributed by atoms with Crippen molar-refractivity contribution >= 4 is 39.4 Å². The van der Waals surface area contributed by atoms with Gasteiger partial charge in [0.05, 0.1) is 5.52 Å². The van der Waals surface area contributed by atoms with Crippen LogP contribution in [0.3, 0.4) is 0 Å². The molecule has 5 rings (SSSR count). The zero-order valence-electron chi connectivity index (χ0n) is 19.1. The van der Waals surface area contributed by atoms with Crippen molar-refractivity contribution in [3.8, 4) is 11.1 Å². The number of rotatable bonds is 8. The fourth-order valence-corrected chi connectivity index (χ4v) is 5.69. The van der Waals surface area contributed by atoms with Crippen LogP contribution in [0.15, 0.2) is 52.7 Å². The predicted octanol–water partition coefficient (Wildman–Crippen LogP) is 5.71. The molecule has 1 N–H and O–H groups in total. The van der Waals surface area contributed by atoms with Crippen molar-refractivity contribution in [2.45, 2.75) is 12.6 Å². The minimum absolute atomic E-state index is 0.315. The quantitative estimate of drug-likeness (QED) is 0.324. The van der Waals surface area contributed by atoms with Crippen molar-refractivity contribution in [2.24, 2.45) is 0 Å². The number of pyridine rings is 2. The van der Waals surface area contributed by atoms with Crippen LogP contribution >= 0.6 is 22.7 Å². The first-order valence-corrected chi connectivity index (χ1v) is 13.4. The van der Waals surface area contributed by atoms with Gasteiger partial charge < -0.3 is 10.2 Å². The Morgan fingerprint density at radius 3 is 2.46 bits per heavy atom. The third kappa shape index (κ3) is 5.83. The van der Waals surface area contributed by atoms with E-state index in [1.807, 2.05) is 28.2 Å². The van der Waals surface area contributed by atoms with E-state index >= 15 is 0 Å². The van der Waals surface area contributed by atoms with E-state index < -0.39 is 11.9 Å². The van der Waals surface area contributed by atoms with Gasteiger partial charge in [0.1, 0.15) is 11.5 Å². The van der Waals surface area contributed by atoms with Gasteiger partial charge in [0.15, 0.2) is 0 Å². The molecule has 0 unspecified atom stereocenters. The monoisotopic (exact) mass is 517 g/mol. The summed E-state index contributed by atoms with van der Waals surface area (Å²) in [4.78, 5) is 14.9. The molecule has 4 aromatic heterocycles. The van der Waals surface area contributed by atoms with Crippen LogP contribution < -0.4 is 5.32 Å². The summed E-state index contributed by atoms with van der Waals surface area (Å²) in [5, 5.41) is 9.84. The van der Waals surface area contributed by atoms with Gasteiger partial charge in [-0.25, -0.2) is 9.97 Å². The van der Waals surface area contributed by atoms with E-state index in [1.54, 1.807) is 6.20 Å². The van der Waals surface area contributed by atoms with Crippen LogP contribution in [0.2, 0.25) is 0 Å². The van der Waals surface area contributed by atoms with Crippen LogP contribution in [-0.2, 0) is 12.6 Å². The molecular weight excluding hydrogens is 491 g/mol. The molecule has 0 aliphatic carbocycles. The number of anilines is 1. The Morgan fingerprint density at radius 1 is 0.971 bits per heavy atom. The number of hydrogen-bond donors (Lipinski definition) is 1. The van der Waals surface area contributed by atoms with Gasteiger partial charge in [0.25, 0.3) is 0 Å². The molecule has 0 radical (unpaired) electrons. The van der Waals surface area contributed by atoms with Gasteiger partial charge in [-0.2, -0.15) is 24.5 Å². The highest BCUT2D eigenvalue weighted by Gasteiger charge is 2.33. The number of aromatic nitrogens is 2. The molecule has 0 atom stereocenters. The lowest BCUT2D eigenvalue weighted by molar-refractivity contribution is -0.140. The van der Waals surface area contributed by atoms with Crippen molar-refractivity contribution in [1.82, 2.24) is 19.8 Å². The molecule has 1 aliphatic heterocycles. The predicted molar refractivity (Wildman–Crippen MR) is 137 cm³/mol. The first kappa shape index (κ1) is 24.2. The molecule has 0 spiro atoms. The van der Waals surface area contributed by atoms with Crippen molar-refractivity contribution in [1.29, 1.82) is 0 Å². The third-order valence-corrected chi connectivity index (χ3v) is 7.91. The Hall–Kier alpha value is -2.53. The molecule has 0 amide bonds. The minimum Gasteiger partial charge on any atom is -0.368 e. The highest BCUT2D eigenvalue weighted by Crippen LogP contribution is 2.35. The second-order valence-electron chi connectivity index (χ2n) is 8.56. The number of nitrogens with one attached hydrogen (secondary N) is 1. The Bertz CT molecular complexity index is 1230. The largest absolute Gasteiger partial charge is 0.433 e. The van der Waals surface area contributed by atoms with E-state index in [-0.39, 0.29) is 0 Å². The summed E-state index contributed by atoms with van der Waals surface area (Å²) in [5.74, 6) is 0.565. The Kier molecular flexibility index (Phi) is 7.33. The lowest BCUT2D eigenvalue weighted by Gasteiger charge is -2.34. The van der Waals surface area contributed by atoms with E-state index in [1.165, 1.54) is 22.3 Å². The molecule has 5 nitrogen and oxygen atoms in total. The van der Waals surface area contributed by atoms with Gasteiger partial charge in [-0.1, -0.05) is 6.07 Å². The normalized spacial score (nSPS) is 15.6. The number of piperazine rings is 1. The summed E-state index contributed by atoms with van der Waals surface area (Å²) in [6, 6.07) is 8.67. The molecule has 0 bridgehead atoms. The Labute approximate surface area is 210 Å². The SMILES string of the molecule is FC(F)(F)c1ccc2c(NCCN3CCN(CCc4cccs4)CC3)ncc(-c3ccsc3)c2n1. The summed E-state index contributed by atoms with van der Waals surface area (Å²) in [6.07, 6.45) is -1.78. The maximum atomic E-state index is 13.3. The van der Waals surface area contributed by atoms with Crippen LogP contribution in [0.1, 0.15) is 10.6 Å². The van der Waals surface area contributed by atoms with E-state index in [0.717, 1.165) is 57.3 Å². The van der Waals surface area contributed by atoms with E-state index in [9.17, 15) is 13.2 Å². The zero-order valence-corrected chi connectivity index (χ0v) is 20.7. The first-order chi connectivity index (χ1) is 17.0. The fraction of sp³-hybridized carbons (Fsp3) is 0.360. The average Bonchev–Trinajstić information content (AvgIpc) is 3.57. The van der Waals surface area contributed by atoms with Gasteiger partial charge >= 0.3 is 6.18 Å². The third-order valence-electron chi connectivity index (χ3n) is 6.29. The van der Waals surface area contributed by atoms with Crippen molar-refractivity contribution in [2.75, 3.05) is 51.1 Å². The smallest absolute Gasteiger partial charge is 0.368 e. The highest BCUT2D eigenvalue weighted by molar-refractivity contribution is 7.09. The molecule has 0 saturated carbocycles. The molecular formula is C25H26F3N5S2. The number of thiophene rings is 2. The molecule has 1 fully saturated rings. The second kappa shape index (κ2) is 10.6. The minimum atomic E-state index is -4.50. The fourth-order valence-electron chi connectivity index (χ4n) is 4.34. The zero-order chi connectivity index (χ0) is 24.3. The van der Waals surface area contributed by atoms with Crippen molar-refractivity contribution in [3.63, 3.8) is 0 Å². The van der Waals surface area contributed by atoms with Crippen LogP contribution in [-0.4, -0.2) is 65.6 Å². The molecule has 5 heterocycles. The van der Waals surface area contributed by atoms with Crippen LogP contribution in [0.25, 0.3) is 22.0 Å². The lowest BCUT2D eigenvalue weighted by Crippen LogP contribution is -2.48. The molecule has 1 aliphatic rings. The van der Waals surface area contributed by atoms with Crippen molar-refractivity contribution in [3.05, 3.63) is 63.2 Å². The molecule has 35 heavy (non-hydrogen) atoms. The van der Waals surface area contributed by atoms with Gasteiger partial charge in [-0.15, -0.1) is 11.3 Å². The summed E-state index contributed by atoms with van der Waals surface area (Å²) >= 11 is 3.30. The van der Waals surface area contributed by atoms with Gasteiger partial charge in [-0.05, 0) is 52.4 Å². The van der Waals surface area contributed by atoms with Gasteiger partial charge in [-0.3, -0.25) is 4.90 Å². The van der Waals surface area contributed by atoms with Crippen LogP contribution in [0.4, 0.5) is 19.0 Å². The van der Waals surface area contributed by atoms with E-state index in [2.05, 4.69) is 42.6 Å². The van der Waals surface area contributed by atoms with Crippen LogP contribution in [0, 0.1) is 0 Å². The van der Waals surface area contributed by atoms with Gasteiger partial charge in [0, 0.05) is 67.8 Å². The molecule has 1 saturated heterocycles. The molecule has 10 heteroatoms. The topological polar surface area (TPSA) is 44.3 Å². The molecule has 0 aromatic carbocycles. The Balaban J connectivity index is 1.22. The summed E-state index contributed by atoms with van der Waals surface area (Å²) < 4.78 is 40.0. The first-order valence-electron chi connectivity index (χ1n) is 11.6. The summed E-state index contributed by atoms with van der Waals surface area (Å²) in [5.41, 5.74) is 0.852. The second-order valence-corrected chi connectivity index (χ2v) is 10.4. The maximum Gasteiger partial charge on any atom is 0.433 e. The summed E-state index contributed by atoms with van der Waals surface area (Å²) in [6.45, 7) is 6.71. The van der Waals surface area contributed by atoms with E-state index in [0.29, 0.717) is 28.8 Å². The molecule has 184 valence electrons. The number of hydrogen-bond acceptors (Lipinski definition) is 7. The highest BCUT2D eigenvalue weighted by atomic mass is 32.1. The number of fused-ring (bicyclic) bond motifs is 1. The lowest BCUT2D eigenvalue weighted by atomic mass is 10.1. The number of halogens is 3. The van der Waals surface area contributed by atoms with Gasteiger partial charge in [0.2, 0.25) is 0 Å². The summed E-state index contributed by atoms with van der Waals surface area (Å²) in [7, 11) is 0. The van der Waals surface area contributed by atoms with E-state index in [4.69, 9.17) is 0 Å².